The summed E-state index contributed by atoms with van der Waals surface area (Å²) in [6.45, 7) is 8.08. The molecule has 0 aromatic heterocycles. The summed E-state index contributed by atoms with van der Waals surface area (Å²) in [5.41, 5.74) is 1.48. The van der Waals surface area contributed by atoms with E-state index in [4.69, 9.17) is 0 Å². The highest BCUT2D eigenvalue weighted by molar-refractivity contribution is 5.42. The second-order valence-corrected chi connectivity index (χ2v) is 6.97. The maximum atomic E-state index is 12.8. The first kappa shape index (κ1) is 14.4. The van der Waals surface area contributed by atoms with Crippen LogP contribution in [0.1, 0.15) is 46.5 Å². The molecule has 1 fully saturated rings. The zero-order valence-corrected chi connectivity index (χ0v) is 12.4. The molecule has 0 radical (unpaired) electrons. The fraction of sp³-hybridized carbons (Fsp3) is 0.647. The molecule has 106 valence electrons. The number of benzene rings is 1. The molecule has 1 aliphatic carbocycles. The van der Waals surface area contributed by atoms with E-state index in [0.29, 0.717) is 5.41 Å². The zero-order valence-electron chi connectivity index (χ0n) is 12.4. The van der Waals surface area contributed by atoms with Crippen molar-refractivity contribution in [2.45, 2.75) is 46.5 Å². The van der Waals surface area contributed by atoms with Gasteiger partial charge in [-0.15, -0.1) is 0 Å². The quantitative estimate of drug-likeness (QED) is 0.801. The van der Waals surface area contributed by atoms with Gasteiger partial charge in [-0.2, -0.15) is 0 Å². The van der Waals surface area contributed by atoms with Gasteiger partial charge in [-0.1, -0.05) is 20.8 Å². The van der Waals surface area contributed by atoms with Crippen molar-refractivity contribution in [1.29, 1.82) is 0 Å². The average molecular weight is 263 g/mol. The summed E-state index contributed by atoms with van der Waals surface area (Å²) >= 11 is 0. The van der Waals surface area contributed by atoms with Gasteiger partial charge in [0, 0.05) is 12.2 Å². The molecule has 1 aliphatic rings. The van der Waals surface area contributed by atoms with Crippen LogP contribution in [0.5, 0.6) is 0 Å². The van der Waals surface area contributed by atoms with E-state index in [9.17, 15) is 4.39 Å². The normalized spacial score (nSPS) is 24.2. The van der Waals surface area contributed by atoms with E-state index in [1.54, 1.807) is 0 Å². The molecule has 0 spiro atoms. The second kappa shape index (κ2) is 5.94. The van der Waals surface area contributed by atoms with Crippen molar-refractivity contribution >= 4 is 5.69 Å². The number of nitrogens with one attached hydrogen (secondary N) is 1. The van der Waals surface area contributed by atoms with Gasteiger partial charge in [0.2, 0.25) is 0 Å². The number of anilines is 1. The van der Waals surface area contributed by atoms with Crippen molar-refractivity contribution in [3.8, 4) is 0 Å². The Morgan fingerprint density at radius 1 is 1.05 bits per heavy atom. The number of halogens is 1. The molecule has 1 N–H and O–H groups in total. The van der Waals surface area contributed by atoms with Gasteiger partial charge in [-0.3, -0.25) is 0 Å². The topological polar surface area (TPSA) is 12.0 Å². The van der Waals surface area contributed by atoms with Crippen LogP contribution in [0.3, 0.4) is 0 Å². The largest absolute Gasteiger partial charge is 0.385 e. The molecule has 1 aromatic rings. The van der Waals surface area contributed by atoms with Crippen molar-refractivity contribution in [3.05, 3.63) is 30.1 Å². The monoisotopic (exact) mass is 263 g/mol. The summed E-state index contributed by atoms with van der Waals surface area (Å²) in [5.74, 6) is 1.47. The highest BCUT2D eigenvalue weighted by Gasteiger charge is 2.29. The predicted octanol–water partition coefficient (Wildman–Crippen LogP) is 5.09. The van der Waals surface area contributed by atoms with Gasteiger partial charge in [-0.05, 0) is 67.2 Å². The van der Waals surface area contributed by atoms with Crippen LogP contribution >= 0.6 is 0 Å². The van der Waals surface area contributed by atoms with Crippen LogP contribution in [-0.2, 0) is 0 Å². The zero-order chi connectivity index (χ0) is 13.9. The molecule has 1 aromatic carbocycles. The summed E-state index contributed by atoms with van der Waals surface area (Å²) in [4.78, 5) is 0. The highest BCUT2D eigenvalue weighted by Crippen LogP contribution is 2.39. The molecule has 0 unspecified atom stereocenters. The van der Waals surface area contributed by atoms with Gasteiger partial charge < -0.3 is 5.32 Å². The van der Waals surface area contributed by atoms with E-state index in [2.05, 4.69) is 26.1 Å². The summed E-state index contributed by atoms with van der Waals surface area (Å²) in [6, 6.07) is 6.66. The smallest absolute Gasteiger partial charge is 0.123 e. The SMILES string of the molecule is CC(C)(C)C1CCC(CNc2ccc(F)cc2)CC1. The van der Waals surface area contributed by atoms with Crippen LogP contribution in [0.2, 0.25) is 0 Å². The molecule has 19 heavy (non-hydrogen) atoms. The van der Waals surface area contributed by atoms with Gasteiger partial charge in [0.25, 0.3) is 0 Å². The van der Waals surface area contributed by atoms with Crippen LogP contribution in [-0.4, -0.2) is 6.54 Å². The number of hydrogen-bond acceptors (Lipinski definition) is 1. The summed E-state index contributed by atoms with van der Waals surface area (Å²) in [7, 11) is 0. The van der Waals surface area contributed by atoms with E-state index in [0.717, 1.165) is 24.1 Å². The number of hydrogen-bond donors (Lipinski definition) is 1. The lowest BCUT2D eigenvalue weighted by Crippen LogP contribution is -2.28. The van der Waals surface area contributed by atoms with Crippen LogP contribution in [0.25, 0.3) is 0 Å². The first-order valence-electron chi connectivity index (χ1n) is 7.44. The minimum Gasteiger partial charge on any atom is -0.385 e. The molecule has 0 bridgehead atoms. The molecule has 0 amide bonds. The molecule has 0 saturated heterocycles. The summed E-state index contributed by atoms with van der Waals surface area (Å²) < 4.78 is 12.8. The Balaban J connectivity index is 1.75. The lowest BCUT2D eigenvalue weighted by atomic mass is 9.70. The van der Waals surface area contributed by atoms with Gasteiger partial charge in [0.15, 0.2) is 0 Å². The van der Waals surface area contributed by atoms with Gasteiger partial charge in [0.1, 0.15) is 5.82 Å². The predicted molar refractivity (Wildman–Crippen MR) is 79.8 cm³/mol. The second-order valence-electron chi connectivity index (χ2n) is 6.97. The first-order valence-corrected chi connectivity index (χ1v) is 7.44. The molecule has 0 heterocycles. The molecular formula is C17H26FN. The highest BCUT2D eigenvalue weighted by atomic mass is 19.1. The molecule has 2 heteroatoms. The molecule has 2 rings (SSSR count). The maximum absolute atomic E-state index is 12.8. The third-order valence-corrected chi connectivity index (χ3v) is 4.51. The number of rotatable bonds is 3. The Hall–Kier alpha value is -1.05. The van der Waals surface area contributed by atoms with E-state index in [1.165, 1.54) is 37.8 Å². The van der Waals surface area contributed by atoms with Crippen LogP contribution in [0, 0.1) is 23.1 Å². The van der Waals surface area contributed by atoms with E-state index in [1.807, 2.05) is 12.1 Å². The molecular weight excluding hydrogens is 237 g/mol. The summed E-state index contributed by atoms with van der Waals surface area (Å²) in [5, 5.41) is 3.43. The van der Waals surface area contributed by atoms with E-state index in [-0.39, 0.29) is 5.82 Å². The van der Waals surface area contributed by atoms with Gasteiger partial charge >= 0.3 is 0 Å². The van der Waals surface area contributed by atoms with E-state index < -0.39 is 0 Å². The van der Waals surface area contributed by atoms with Crippen molar-refractivity contribution in [2.75, 3.05) is 11.9 Å². The van der Waals surface area contributed by atoms with Crippen molar-refractivity contribution in [3.63, 3.8) is 0 Å². The fourth-order valence-electron chi connectivity index (χ4n) is 3.06. The van der Waals surface area contributed by atoms with Crippen molar-refractivity contribution < 1.29 is 4.39 Å². The van der Waals surface area contributed by atoms with Gasteiger partial charge in [-0.25, -0.2) is 4.39 Å². The standard InChI is InChI=1S/C17H26FN/c1-17(2,3)14-6-4-13(5-7-14)12-19-16-10-8-15(18)9-11-16/h8-11,13-14,19H,4-7,12H2,1-3H3. The Kier molecular flexibility index (Phi) is 4.49. The minimum atomic E-state index is -0.170. The Bertz CT molecular complexity index is 383. The molecule has 1 nitrogen and oxygen atoms in total. The Morgan fingerprint density at radius 2 is 1.63 bits per heavy atom. The minimum absolute atomic E-state index is 0.170. The third kappa shape index (κ3) is 4.22. The Labute approximate surface area is 116 Å². The van der Waals surface area contributed by atoms with Crippen LogP contribution < -0.4 is 5.32 Å². The molecule has 0 atom stereocenters. The lowest BCUT2D eigenvalue weighted by Gasteiger charge is -2.37. The molecule has 1 saturated carbocycles. The van der Waals surface area contributed by atoms with Crippen LogP contribution in [0.4, 0.5) is 10.1 Å². The van der Waals surface area contributed by atoms with Crippen LogP contribution in [0.15, 0.2) is 24.3 Å². The third-order valence-electron chi connectivity index (χ3n) is 4.51. The van der Waals surface area contributed by atoms with Gasteiger partial charge in [0.05, 0.1) is 0 Å². The maximum Gasteiger partial charge on any atom is 0.123 e. The summed E-state index contributed by atoms with van der Waals surface area (Å²) in [6.07, 6.45) is 5.32. The fourth-order valence-corrected chi connectivity index (χ4v) is 3.06. The molecule has 0 aliphatic heterocycles. The Morgan fingerprint density at radius 3 is 2.16 bits per heavy atom. The van der Waals surface area contributed by atoms with E-state index >= 15 is 0 Å². The first-order chi connectivity index (χ1) is 8.95. The lowest BCUT2D eigenvalue weighted by molar-refractivity contribution is 0.153. The van der Waals surface area contributed by atoms with Crippen molar-refractivity contribution in [1.82, 2.24) is 0 Å². The van der Waals surface area contributed by atoms with Crippen molar-refractivity contribution in [2.24, 2.45) is 17.3 Å². The average Bonchev–Trinajstić information content (AvgIpc) is 2.37.